The lowest BCUT2D eigenvalue weighted by molar-refractivity contribution is -0.671. The maximum Gasteiger partial charge on any atom is 0.243 e. The normalized spacial score (nSPS) is 10.3. The fourth-order valence-electron chi connectivity index (χ4n) is 1.57. The number of carboxylic acid groups (broad SMARTS) is 1. The predicted molar refractivity (Wildman–Crippen MR) is 85.2 cm³/mol. The minimum atomic E-state index is -1.10. The number of carbonyl (C=O) groups is 1. The van der Waals surface area contributed by atoms with Crippen molar-refractivity contribution in [3.63, 3.8) is 0 Å². The molecule has 0 saturated heterocycles. The first kappa shape index (κ1) is 22.5. The Morgan fingerprint density at radius 3 is 2.29 bits per heavy atom. The molecule has 8 heteroatoms. The molecule has 1 heterocycles. The van der Waals surface area contributed by atoms with Gasteiger partial charge in [0.1, 0.15) is 18.9 Å². The lowest BCUT2D eigenvalue weighted by Gasteiger charge is -2.05. The van der Waals surface area contributed by atoms with E-state index in [1.807, 2.05) is 37.3 Å². The summed E-state index contributed by atoms with van der Waals surface area (Å²) in [7, 11) is 3.61. The van der Waals surface area contributed by atoms with Gasteiger partial charge in [-0.15, -0.1) is 0 Å². The van der Waals surface area contributed by atoms with E-state index in [1.54, 1.807) is 7.11 Å². The highest BCUT2D eigenvalue weighted by Crippen LogP contribution is 1.84. The van der Waals surface area contributed by atoms with E-state index in [4.69, 9.17) is 18.9 Å². The van der Waals surface area contributed by atoms with Gasteiger partial charge < -0.3 is 28.8 Å². The first-order valence-corrected chi connectivity index (χ1v) is 8.03. The topological polar surface area (TPSA) is 85.9 Å². The molecule has 0 amide bonds. The second kappa shape index (κ2) is 16.4. The van der Waals surface area contributed by atoms with Crippen LogP contribution < -0.4 is 9.67 Å². The lowest BCUT2D eigenvalue weighted by atomic mass is 10.5. The van der Waals surface area contributed by atoms with E-state index >= 15 is 0 Å². The first-order chi connectivity index (χ1) is 11.6. The Kier molecular flexibility index (Phi) is 15.4. The third kappa shape index (κ3) is 15.4. The number of rotatable bonds is 13. The van der Waals surface area contributed by atoms with Crippen LogP contribution in [0.3, 0.4) is 0 Å². The smallest absolute Gasteiger partial charge is 0.243 e. The van der Waals surface area contributed by atoms with Gasteiger partial charge in [-0.3, -0.25) is 0 Å². The lowest BCUT2D eigenvalue weighted by Crippen LogP contribution is -2.24. The van der Waals surface area contributed by atoms with Crippen molar-refractivity contribution in [1.29, 1.82) is 0 Å². The Labute approximate surface area is 143 Å². The molecule has 140 valence electrons. The SMILES string of the molecule is CCOCCn1cc[n+](C)c1.COCCOCCOCCC(=O)[O-]. The van der Waals surface area contributed by atoms with E-state index in [2.05, 4.69) is 4.57 Å². The van der Waals surface area contributed by atoms with Gasteiger partial charge in [0.25, 0.3) is 0 Å². The van der Waals surface area contributed by atoms with Crippen LogP contribution in [0.15, 0.2) is 18.7 Å². The Morgan fingerprint density at radius 2 is 1.75 bits per heavy atom. The number of hydrogen-bond acceptors (Lipinski definition) is 6. The summed E-state index contributed by atoms with van der Waals surface area (Å²) in [6.45, 7) is 6.66. The molecule has 0 fully saturated rings. The third-order valence-corrected chi connectivity index (χ3v) is 2.78. The molecule has 0 spiro atoms. The van der Waals surface area contributed by atoms with Crippen molar-refractivity contribution < 1.29 is 33.4 Å². The number of ether oxygens (including phenoxy) is 4. The largest absolute Gasteiger partial charge is 0.550 e. The van der Waals surface area contributed by atoms with Crippen LogP contribution in [0.2, 0.25) is 0 Å². The van der Waals surface area contributed by atoms with Gasteiger partial charge in [0.15, 0.2) is 0 Å². The van der Waals surface area contributed by atoms with Gasteiger partial charge in [-0.2, -0.15) is 0 Å². The molecule has 0 atom stereocenters. The summed E-state index contributed by atoms with van der Waals surface area (Å²) >= 11 is 0. The maximum atomic E-state index is 9.93. The quantitative estimate of drug-likeness (QED) is 0.342. The zero-order valence-electron chi connectivity index (χ0n) is 14.9. The minimum Gasteiger partial charge on any atom is -0.550 e. The molecule has 24 heavy (non-hydrogen) atoms. The Balaban J connectivity index is 0.000000446. The summed E-state index contributed by atoms with van der Waals surface area (Å²) in [5, 5.41) is 9.93. The maximum absolute atomic E-state index is 9.93. The van der Waals surface area contributed by atoms with Crippen LogP contribution in [0.1, 0.15) is 13.3 Å². The standard InChI is InChI=1S/C8H15N2O.C8H16O5/c1-3-11-7-6-10-5-4-9(2)8-10;1-11-4-5-13-7-6-12-3-2-8(9)10/h4-5,8H,3,6-7H2,1-2H3;2-7H2,1H3,(H,9,10)/q+1;/p-1. The molecule has 0 saturated carbocycles. The van der Waals surface area contributed by atoms with Crippen LogP contribution >= 0.6 is 0 Å². The summed E-state index contributed by atoms with van der Waals surface area (Å²) in [5.41, 5.74) is 0. The molecule has 0 N–H and O–H groups in total. The first-order valence-electron chi connectivity index (χ1n) is 8.03. The number of imidazole rings is 1. The highest BCUT2D eigenvalue weighted by molar-refractivity contribution is 5.64. The van der Waals surface area contributed by atoms with Gasteiger partial charge in [-0.05, 0) is 6.92 Å². The summed E-state index contributed by atoms with van der Waals surface area (Å²) in [4.78, 5) is 9.93. The molecule has 1 aromatic rings. The molecule has 0 unspecified atom stereocenters. The molecule has 0 aromatic carbocycles. The minimum absolute atomic E-state index is 0.0714. The van der Waals surface area contributed by atoms with Crippen molar-refractivity contribution in [3.8, 4) is 0 Å². The monoisotopic (exact) mass is 346 g/mol. The summed E-state index contributed by atoms with van der Waals surface area (Å²) < 4.78 is 24.1. The Bertz CT molecular complexity index is 411. The van der Waals surface area contributed by atoms with E-state index in [9.17, 15) is 9.90 Å². The average Bonchev–Trinajstić information content (AvgIpc) is 2.96. The van der Waals surface area contributed by atoms with Crippen LogP contribution in [0.5, 0.6) is 0 Å². The molecule has 0 aliphatic rings. The van der Waals surface area contributed by atoms with E-state index in [0.717, 1.165) is 19.8 Å². The highest BCUT2D eigenvalue weighted by Gasteiger charge is 1.97. The zero-order chi connectivity index (χ0) is 18.0. The van der Waals surface area contributed by atoms with E-state index in [0.29, 0.717) is 26.4 Å². The van der Waals surface area contributed by atoms with Crippen molar-refractivity contribution in [3.05, 3.63) is 18.7 Å². The average molecular weight is 346 g/mol. The van der Waals surface area contributed by atoms with Gasteiger partial charge in [-0.1, -0.05) is 0 Å². The van der Waals surface area contributed by atoms with Crippen molar-refractivity contribution in [1.82, 2.24) is 4.57 Å². The number of carbonyl (C=O) groups excluding carboxylic acids is 1. The molecule has 0 aliphatic heterocycles. The van der Waals surface area contributed by atoms with Crippen molar-refractivity contribution in [2.24, 2.45) is 7.05 Å². The van der Waals surface area contributed by atoms with Crippen LogP contribution in [-0.4, -0.2) is 63.9 Å². The number of hydrogen-bond donors (Lipinski definition) is 0. The summed E-state index contributed by atoms with van der Waals surface area (Å²) in [6, 6.07) is 0. The molecule has 0 bridgehead atoms. The Morgan fingerprint density at radius 1 is 1.08 bits per heavy atom. The zero-order valence-corrected chi connectivity index (χ0v) is 14.9. The van der Waals surface area contributed by atoms with Gasteiger partial charge in [-0.25, -0.2) is 9.13 Å². The number of methoxy groups -OCH3 is 1. The molecular weight excluding hydrogens is 316 g/mol. The van der Waals surface area contributed by atoms with Crippen LogP contribution in [0, 0.1) is 0 Å². The van der Waals surface area contributed by atoms with E-state index < -0.39 is 5.97 Å². The molecule has 0 radical (unpaired) electrons. The summed E-state index contributed by atoms with van der Waals surface area (Å²) in [6.07, 6.45) is 6.03. The van der Waals surface area contributed by atoms with Gasteiger partial charge in [0.05, 0.1) is 46.7 Å². The third-order valence-electron chi connectivity index (χ3n) is 2.78. The van der Waals surface area contributed by atoms with Crippen molar-refractivity contribution in [2.45, 2.75) is 19.9 Å². The molecule has 8 nitrogen and oxygen atoms in total. The molecular formula is C16H30N2O6. The number of carboxylic acids is 1. The van der Waals surface area contributed by atoms with Gasteiger partial charge in [0, 0.05) is 26.1 Å². The summed E-state index contributed by atoms with van der Waals surface area (Å²) in [5.74, 6) is -1.10. The van der Waals surface area contributed by atoms with Crippen LogP contribution in [0.25, 0.3) is 0 Å². The van der Waals surface area contributed by atoms with Crippen molar-refractivity contribution >= 4 is 5.97 Å². The number of aliphatic carboxylic acids is 1. The molecule has 1 aromatic heterocycles. The fourth-order valence-corrected chi connectivity index (χ4v) is 1.57. The van der Waals surface area contributed by atoms with E-state index in [1.165, 1.54) is 0 Å². The number of nitrogens with zero attached hydrogens (tertiary/aromatic N) is 2. The molecule has 0 aliphatic carbocycles. The van der Waals surface area contributed by atoms with Crippen molar-refractivity contribution in [2.75, 3.05) is 53.4 Å². The second-order valence-electron chi connectivity index (χ2n) is 4.85. The van der Waals surface area contributed by atoms with Crippen LogP contribution in [-0.2, 0) is 37.3 Å². The fraction of sp³-hybridized carbons (Fsp3) is 0.750. The van der Waals surface area contributed by atoms with E-state index in [-0.39, 0.29) is 13.0 Å². The Hall–Kier alpha value is -1.48. The highest BCUT2D eigenvalue weighted by atomic mass is 16.5. The molecule has 1 rings (SSSR count). The predicted octanol–water partition coefficient (Wildman–Crippen LogP) is -0.845. The van der Waals surface area contributed by atoms with Gasteiger partial charge in [0.2, 0.25) is 6.33 Å². The number of aryl methyl sites for hydroxylation is 1. The second-order valence-corrected chi connectivity index (χ2v) is 4.85. The van der Waals surface area contributed by atoms with Gasteiger partial charge >= 0.3 is 0 Å². The van der Waals surface area contributed by atoms with Crippen LogP contribution in [0.4, 0.5) is 0 Å². The number of aromatic nitrogens is 2.